The fourth-order valence-corrected chi connectivity index (χ4v) is 4.81. The Morgan fingerprint density at radius 1 is 1.41 bits per heavy atom. The zero-order chi connectivity index (χ0) is 15.7. The first-order valence-corrected chi connectivity index (χ1v) is 9.72. The predicted octanol–water partition coefficient (Wildman–Crippen LogP) is 4.26. The highest BCUT2D eigenvalue weighted by atomic mass is 32.2. The molecule has 0 unspecified atom stereocenters. The normalized spacial score (nSPS) is 18.1. The molecule has 1 aliphatic rings. The molecule has 0 aliphatic carbocycles. The summed E-state index contributed by atoms with van der Waals surface area (Å²) in [5.41, 5.74) is 7.57. The standard InChI is InChI=1S/C16H23N3OS2/c1-4-5-6-21-16-18-14(17)13-10-7-11(9(2)3)20-8-12(10)22-15(13)19-16/h9,11H,4-8H2,1-3H3,(H2,17,18,19)/t11-/m1/s1. The molecule has 6 heteroatoms. The summed E-state index contributed by atoms with van der Waals surface area (Å²) in [6.45, 7) is 7.27. The van der Waals surface area contributed by atoms with Crippen LogP contribution in [0, 0.1) is 5.92 Å². The SMILES string of the molecule is CCCCSc1nc(N)c2c3c(sc2n1)CO[C@@H](C(C)C)C3. The number of thiophene rings is 1. The largest absolute Gasteiger partial charge is 0.383 e. The molecule has 4 nitrogen and oxygen atoms in total. The van der Waals surface area contributed by atoms with E-state index in [1.807, 2.05) is 0 Å². The minimum Gasteiger partial charge on any atom is -0.383 e. The highest BCUT2D eigenvalue weighted by Crippen LogP contribution is 2.39. The molecule has 0 saturated heterocycles. The van der Waals surface area contributed by atoms with Crippen LogP contribution in [0.2, 0.25) is 0 Å². The molecular weight excluding hydrogens is 314 g/mol. The van der Waals surface area contributed by atoms with Crippen LogP contribution in [0.5, 0.6) is 0 Å². The molecule has 0 fully saturated rings. The number of fused-ring (bicyclic) bond motifs is 3. The molecular formula is C16H23N3OS2. The first kappa shape index (κ1) is 16.0. The second-order valence-corrected chi connectivity index (χ2v) is 8.22. The van der Waals surface area contributed by atoms with Crippen LogP contribution in [0.4, 0.5) is 5.82 Å². The topological polar surface area (TPSA) is 61.0 Å². The molecule has 0 spiro atoms. The lowest BCUT2D eigenvalue weighted by atomic mass is 9.96. The van der Waals surface area contributed by atoms with Crippen LogP contribution in [0.25, 0.3) is 10.2 Å². The third-order valence-electron chi connectivity index (χ3n) is 4.05. The van der Waals surface area contributed by atoms with E-state index in [0.717, 1.165) is 27.5 Å². The van der Waals surface area contributed by atoms with E-state index < -0.39 is 0 Å². The van der Waals surface area contributed by atoms with Crippen LogP contribution in [0.3, 0.4) is 0 Å². The fourth-order valence-electron chi connectivity index (χ4n) is 2.69. The van der Waals surface area contributed by atoms with Gasteiger partial charge in [0.1, 0.15) is 10.6 Å². The Kier molecular flexibility index (Phi) is 4.90. The lowest BCUT2D eigenvalue weighted by Gasteiger charge is -2.26. The van der Waals surface area contributed by atoms with Crippen molar-refractivity contribution in [3.63, 3.8) is 0 Å². The number of nitrogens with zero attached hydrogens (tertiary/aromatic N) is 2. The maximum absolute atomic E-state index is 6.25. The van der Waals surface area contributed by atoms with E-state index in [1.54, 1.807) is 23.1 Å². The minimum absolute atomic E-state index is 0.267. The van der Waals surface area contributed by atoms with E-state index in [2.05, 4.69) is 25.8 Å². The second-order valence-electron chi connectivity index (χ2n) is 6.07. The number of nitrogens with two attached hydrogens (primary N) is 1. The third kappa shape index (κ3) is 3.09. The van der Waals surface area contributed by atoms with Gasteiger partial charge in [0.15, 0.2) is 5.16 Å². The van der Waals surface area contributed by atoms with Gasteiger partial charge in [0.2, 0.25) is 0 Å². The summed E-state index contributed by atoms with van der Waals surface area (Å²) in [4.78, 5) is 11.5. The van der Waals surface area contributed by atoms with E-state index in [1.165, 1.54) is 23.3 Å². The number of hydrogen-bond acceptors (Lipinski definition) is 6. The van der Waals surface area contributed by atoms with Crippen molar-refractivity contribution in [3.8, 4) is 0 Å². The lowest BCUT2D eigenvalue weighted by molar-refractivity contribution is 0.00203. The van der Waals surface area contributed by atoms with E-state index >= 15 is 0 Å². The van der Waals surface area contributed by atoms with Crippen molar-refractivity contribution in [1.29, 1.82) is 0 Å². The molecule has 120 valence electrons. The van der Waals surface area contributed by atoms with Gasteiger partial charge in [-0.2, -0.15) is 0 Å². The van der Waals surface area contributed by atoms with E-state index in [4.69, 9.17) is 15.5 Å². The number of nitrogen functional groups attached to an aromatic ring is 1. The van der Waals surface area contributed by atoms with Gasteiger partial charge in [-0.25, -0.2) is 9.97 Å². The third-order valence-corrected chi connectivity index (χ3v) is 6.08. The molecule has 2 N–H and O–H groups in total. The highest BCUT2D eigenvalue weighted by Gasteiger charge is 2.27. The average molecular weight is 338 g/mol. The van der Waals surface area contributed by atoms with Crippen molar-refractivity contribution < 1.29 is 4.74 Å². The van der Waals surface area contributed by atoms with E-state index in [0.29, 0.717) is 18.3 Å². The molecule has 0 amide bonds. The van der Waals surface area contributed by atoms with Gasteiger partial charge in [-0.3, -0.25) is 0 Å². The molecule has 2 aromatic heterocycles. The Bertz CT molecular complexity index is 669. The molecule has 0 bridgehead atoms. The predicted molar refractivity (Wildman–Crippen MR) is 94.6 cm³/mol. The average Bonchev–Trinajstić information content (AvgIpc) is 2.85. The lowest BCUT2D eigenvalue weighted by Crippen LogP contribution is -2.26. The first-order chi connectivity index (χ1) is 10.6. The molecule has 1 atom stereocenters. The van der Waals surface area contributed by atoms with Crippen molar-refractivity contribution in [1.82, 2.24) is 9.97 Å². The number of ether oxygens (including phenoxy) is 1. The van der Waals surface area contributed by atoms with Crippen molar-refractivity contribution in [2.45, 2.75) is 57.9 Å². The summed E-state index contributed by atoms with van der Waals surface area (Å²) >= 11 is 3.41. The first-order valence-electron chi connectivity index (χ1n) is 7.92. The minimum atomic E-state index is 0.267. The monoisotopic (exact) mass is 337 g/mol. The molecule has 22 heavy (non-hydrogen) atoms. The Hall–Kier alpha value is -0.850. The van der Waals surface area contributed by atoms with Crippen LogP contribution in [0.1, 0.15) is 44.1 Å². The number of aromatic nitrogens is 2. The van der Waals surface area contributed by atoms with Crippen LogP contribution < -0.4 is 5.73 Å². The van der Waals surface area contributed by atoms with Gasteiger partial charge in [0.05, 0.1) is 18.1 Å². The number of unbranched alkanes of at least 4 members (excludes halogenated alkanes) is 1. The summed E-state index contributed by atoms with van der Waals surface area (Å²) in [6.07, 6.45) is 3.55. The quantitative estimate of drug-likeness (QED) is 0.502. The van der Waals surface area contributed by atoms with Gasteiger partial charge in [-0.1, -0.05) is 39.0 Å². The van der Waals surface area contributed by atoms with Crippen molar-refractivity contribution >= 4 is 39.1 Å². The van der Waals surface area contributed by atoms with Crippen LogP contribution in [-0.4, -0.2) is 21.8 Å². The van der Waals surface area contributed by atoms with Gasteiger partial charge in [-0.05, 0) is 17.9 Å². The number of rotatable bonds is 5. The Morgan fingerprint density at radius 3 is 2.95 bits per heavy atom. The molecule has 1 aliphatic heterocycles. The smallest absolute Gasteiger partial charge is 0.190 e. The summed E-state index contributed by atoms with van der Waals surface area (Å²) < 4.78 is 5.96. The Labute approximate surface area is 139 Å². The maximum Gasteiger partial charge on any atom is 0.190 e. The number of hydrogen-bond donors (Lipinski definition) is 1. The number of anilines is 1. The summed E-state index contributed by atoms with van der Waals surface area (Å²) in [5.74, 6) is 2.19. The van der Waals surface area contributed by atoms with Gasteiger partial charge < -0.3 is 10.5 Å². The van der Waals surface area contributed by atoms with Gasteiger partial charge >= 0.3 is 0 Å². The molecule has 0 radical (unpaired) electrons. The molecule has 3 heterocycles. The van der Waals surface area contributed by atoms with Crippen LogP contribution >= 0.6 is 23.1 Å². The Morgan fingerprint density at radius 2 is 2.23 bits per heavy atom. The summed E-state index contributed by atoms with van der Waals surface area (Å²) in [7, 11) is 0. The van der Waals surface area contributed by atoms with E-state index in [-0.39, 0.29) is 6.10 Å². The highest BCUT2D eigenvalue weighted by molar-refractivity contribution is 7.99. The van der Waals surface area contributed by atoms with Crippen molar-refractivity contribution in [2.75, 3.05) is 11.5 Å². The summed E-state index contributed by atoms with van der Waals surface area (Å²) in [5, 5.41) is 1.87. The molecule has 2 aromatic rings. The van der Waals surface area contributed by atoms with Gasteiger partial charge in [0.25, 0.3) is 0 Å². The Balaban J connectivity index is 1.93. The van der Waals surface area contributed by atoms with Gasteiger partial charge in [0, 0.05) is 17.1 Å². The molecule has 0 saturated carbocycles. The summed E-state index contributed by atoms with van der Waals surface area (Å²) in [6, 6.07) is 0. The zero-order valence-corrected chi connectivity index (χ0v) is 15.0. The second kappa shape index (κ2) is 6.72. The molecule has 0 aromatic carbocycles. The fraction of sp³-hybridized carbons (Fsp3) is 0.625. The van der Waals surface area contributed by atoms with Gasteiger partial charge in [-0.15, -0.1) is 11.3 Å². The zero-order valence-electron chi connectivity index (χ0n) is 13.4. The maximum atomic E-state index is 6.25. The van der Waals surface area contributed by atoms with Crippen molar-refractivity contribution in [2.24, 2.45) is 5.92 Å². The van der Waals surface area contributed by atoms with Crippen LogP contribution in [-0.2, 0) is 17.8 Å². The van der Waals surface area contributed by atoms with Crippen LogP contribution in [0.15, 0.2) is 5.16 Å². The molecule has 3 rings (SSSR count). The number of thioether (sulfide) groups is 1. The van der Waals surface area contributed by atoms with Crippen molar-refractivity contribution in [3.05, 3.63) is 10.4 Å². The van der Waals surface area contributed by atoms with E-state index in [9.17, 15) is 0 Å².